The minimum Gasteiger partial charge on any atom is -0.374 e. The van der Waals surface area contributed by atoms with Crippen molar-refractivity contribution in [3.63, 3.8) is 0 Å². The molecule has 0 saturated carbocycles. The molecule has 3 nitrogen and oxygen atoms in total. The molecule has 0 saturated heterocycles. The lowest BCUT2D eigenvalue weighted by atomic mass is 9.98. The fourth-order valence-electron chi connectivity index (χ4n) is 1.67. The monoisotopic (exact) mass is 152 g/mol. The smallest absolute Gasteiger partial charge is 0.0917 e. The van der Waals surface area contributed by atoms with Crippen LogP contribution in [-0.4, -0.2) is 16.8 Å². The van der Waals surface area contributed by atoms with E-state index in [1.807, 2.05) is 0 Å². The second-order valence-corrected chi connectivity index (χ2v) is 3.13. The molecule has 1 unspecified atom stereocenters. The first-order chi connectivity index (χ1) is 5.29. The van der Waals surface area contributed by atoms with Crippen molar-refractivity contribution in [1.29, 1.82) is 0 Å². The van der Waals surface area contributed by atoms with Crippen molar-refractivity contribution >= 4 is 0 Å². The maximum absolute atomic E-state index is 5.34. The van der Waals surface area contributed by atoms with Gasteiger partial charge >= 0.3 is 0 Å². The largest absolute Gasteiger partial charge is 0.374 e. The molecular weight excluding hydrogens is 140 g/mol. The lowest BCUT2D eigenvalue weighted by molar-refractivity contribution is 0.0926. The first-order valence-electron chi connectivity index (χ1n) is 3.90. The Morgan fingerprint density at radius 3 is 3.18 bits per heavy atom. The van der Waals surface area contributed by atoms with Gasteiger partial charge in [-0.2, -0.15) is 5.10 Å². The van der Waals surface area contributed by atoms with E-state index >= 15 is 0 Å². The average Bonchev–Trinajstić information content (AvgIpc) is 2.34. The summed E-state index contributed by atoms with van der Waals surface area (Å²) >= 11 is 0. The van der Waals surface area contributed by atoms with Gasteiger partial charge in [-0.25, -0.2) is 0 Å². The zero-order valence-electron chi connectivity index (χ0n) is 6.85. The highest BCUT2D eigenvalue weighted by Gasteiger charge is 2.21. The molecule has 1 aliphatic rings. The lowest BCUT2D eigenvalue weighted by Gasteiger charge is -2.18. The van der Waals surface area contributed by atoms with Crippen molar-refractivity contribution in [3.8, 4) is 0 Å². The van der Waals surface area contributed by atoms with Gasteiger partial charge in [0.2, 0.25) is 0 Å². The number of hydrogen-bond acceptors (Lipinski definition) is 2. The Bertz CT molecular complexity index is 267. The van der Waals surface area contributed by atoms with Gasteiger partial charge in [0.05, 0.1) is 18.9 Å². The second kappa shape index (κ2) is 2.34. The van der Waals surface area contributed by atoms with Crippen molar-refractivity contribution in [2.75, 3.05) is 6.61 Å². The molecule has 0 amide bonds. The third kappa shape index (κ3) is 0.959. The van der Waals surface area contributed by atoms with Crippen molar-refractivity contribution in [2.45, 2.75) is 26.4 Å². The molecule has 1 aromatic rings. The number of H-pyrrole nitrogens is 1. The fourth-order valence-corrected chi connectivity index (χ4v) is 1.67. The van der Waals surface area contributed by atoms with E-state index in [9.17, 15) is 0 Å². The van der Waals surface area contributed by atoms with Crippen LogP contribution in [0, 0.1) is 6.92 Å². The van der Waals surface area contributed by atoms with Gasteiger partial charge in [-0.15, -0.1) is 0 Å². The number of nitrogens with zero attached hydrogens (tertiary/aromatic N) is 1. The summed E-state index contributed by atoms with van der Waals surface area (Å²) in [6.07, 6.45) is 0. The number of rotatable bonds is 0. The summed E-state index contributed by atoms with van der Waals surface area (Å²) in [4.78, 5) is 0. The van der Waals surface area contributed by atoms with Crippen LogP contribution in [-0.2, 0) is 11.3 Å². The molecule has 0 aromatic carbocycles. The molecule has 11 heavy (non-hydrogen) atoms. The van der Waals surface area contributed by atoms with Crippen molar-refractivity contribution < 1.29 is 4.74 Å². The average molecular weight is 152 g/mol. The van der Waals surface area contributed by atoms with E-state index < -0.39 is 0 Å². The van der Waals surface area contributed by atoms with Gasteiger partial charge in [-0.1, -0.05) is 6.92 Å². The quantitative estimate of drug-likeness (QED) is 0.609. The Labute approximate surface area is 65.8 Å². The summed E-state index contributed by atoms with van der Waals surface area (Å²) in [5, 5.41) is 7.14. The normalized spacial score (nSPS) is 23.3. The Morgan fingerprint density at radius 2 is 2.45 bits per heavy atom. The predicted molar refractivity (Wildman–Crippen MR) is 41.4 cm³/mol. The van der Waals surface area contributed by atoms with E-state index in [0.717, 1.165) is 12.3 Å². The van der Waals surface area contributed by atoms with E-state index in [2.05, 4.69) is 24.0 Å². The van der Waals surface area contributed by atoms with Crippen LogP contribution >= 0.6 is 0 Å². The molecule has 0 fully saturated rings. The van der Waals surface area contributed by atoms with Crippen LogP contribution in [0.3, 0.4) is 0 Å². The highest BCUT2D eigenvalue weighted by molar-refractivity contribution is 5.29. The predicted octanol–water partition coefficient (Wildman–Crippen LogP) is 1.35. The molecule has 2 rings (SSSR count). The van der Waals surface area contributed by atoms with Crippen LogP contribution < -0.4 is 0 Å². The molecule has 0 radical (unpaired) electrons. The van der Waals surface area contributed by atoms with Crippen LogP contribution in [0.25, 0.3) is 0 Å². The zero-order chi connectivity index (χ0) is 7.84. The van der Waals surface area contributed by atoms with Crippen LogP contribution in [0.15, 0.2) is 0 Å². The Kier molecular flexibility index (Phi) is 1.46. The van der Waals surface area contributed by atoms with E-state index in [1.165, 1.54) is 11.3 Å². The van der Waals surface area contributed by atoms with Crippen LogP contribution in [0.1, 0.15) is 29.8 Å². The van der Waals surface area contributed by atoms with Gasteiger partial charge < -0.3 is 4.74 Å². The highest BCUT2D eigenvalue weighted by atomic mass is 16.5. The van der Waals surface area contributed by atoms with Gasteiger partial charge in [0, 0.05) is 17.2 Å². The molecule has 1 aliphatic heterocycles. The number of hydrogen-bond donors (Lipinski definition) is 1. The van der Waals surface area contributed by atoms with Gasteiger partial charge in [-0.3, -0.25) is 5.10 Å². The van der Waals surface area contributed by atoms with Gasteiger partial charge in [0.1, 0.15) is 0 Å². The van der Waals surface area contributed by atoms with Crippen molar-refractivity contribution in [3.05, 3.63) is 17.0 Å². The number of aromatic nitrogens is 2. The third-order valence-electron chi connectivity index (χ3n) is 2.17. The summed E-state index contributed by atoms with van der Waals surface area (Å²) in [6.45, 7) is 5.73. The minimum atomic E-state index is 0.498. The summed E-state index contributed by atoms with van der Waals surface area (Å²) in [5.74, 6) is 0.498. The lowest BCUT2D eigenvalue weighted by Crippen LogP contribution is -2.13. The number of fused-ring (bicyclic) bond motifs is 1. The SMILES string of the molecule is Cc1[nH]nc2c1C(C)COC2. The van der Waals surface area contributed by atoms with E-state index in [1.54, 1.807) is 0 Å². The van der Waals surface area contributed by atoms with Crippen molar-refractivity contribution in [1.82, 2.24) is 10.2 Å². The number of ether oxygens (including phenoxy) is 1. The summed E-state index contributed by atoms with van der Waals surface area (Å²) in [5.41, 5.74) is 3.63. The maximum atomic E-state index is 5.34. The van der Waals surface area contributed by atoms with Crippen LogP contribution in [0.4, 0.5) is 0 Å². The van der Waals surface area contributed by atoms with E-state index in [-0.39, 0.29) is 0 Å². The van der Waals surface area contributed by atoms with Crippen molar-refractivity contribution in [2.24, 2.45) is 0 Å². The molecule has 60 valence electrons. The Hall–Kier alpha value is -0.830. The standard InChI is InChI=1S/C8H12N2O/c1-5-3-11-4-7-8(5)6(2)9-10-7/h5H,3-4H2,1-2H3,(H,9,10). The molecule has 2 heterocycles. The molecular formula is C8H12N2O. The van der Waals surface area contributed by atoms with Gasteiger partial charge in [-0.05, 0) is 6.92 Å². The van der Waals surface area contributed by atoms with Crippen LogP contribution in [0.2, 0.25) is 0 Å². The molecule has 1 N–H and O–H groups in total. The first-order valence-corrected chi connectivity index (χ1v) is 3.90. The molecule has 3 heteroatoms. The molecule has 0 bridgehead atoms. The number of aryl methyl sites for hydroxylation is 1. The fraction of sp³-hybridized carbons (Fsp3) is 0.625. The minimum absolute atomic E-state index is 0.498. The zero-order valence-corrected chi connectivity index (χ0v) is 6.85. The summed E-state index contributed by atoms with van der Waals surface area (Å²) in [7, 11) is 0. The summed E-state index contributed by atoms with van der Waals surface area (Å²) in [6, 6.07) is 0. The summed E-state index contributed by atoms with van der Waals surface area (Å²) < 4.78 is 5.34. The van der Waals surface area contributed by atoms with E-state index in [0.29, 0.717) is 12.5 Å². The molecule has 0 spiro atoms. The third-order valence-corrected chi connectivity index (χ3v) is 2.17. The molecule has 0 aliphatic carbocycles. The number of nitrogens with one attached hydrogen (secondary N) is 1. The Balaban J connectivity index is 2.48. The topological polar surface area (TPSA) is 37.9 Å². The molecule has 1 atom stereocenters. The maximum Gasteiger partial charge on any atom is 0.0917 e. The number of aromatic amines is 1. The first kappa shape index (κ1) is 6.85. The van der Waals surface area contributed by atoms with E-state index in [4.69, 9.17) is 4.74 Å². The Morgan fingerprint density at radius 1 is 1.64 bits per heavy atom. The van der Waals surface area contributed by atoms with Gasteiger partial charge in [0.25, 0.3) is 0 Å². The second-order valence-electron chi connectivity index (χ2n) is 3.13. The highest BCUT2D eigenvalue weighted by Crippen LogP contribution is 2.26. The molecule has 1 aromatic heterocycles. The van der Waals surface area contributed by atoms with Crippen LogP contribution in [0.5, 0.6) is 0 Å². The van der Waals surface area contributed by atoms with Gasteiger partial charge in [0.15, 0.2) is 0 Å².